The van der Waals surface area contributed by atoms with Gasteiger partial charge in [-0.1, -0.05) is 25.7 Å². The molecule has 0 atom stereocenters. The van der Waals surface area contributed by atoms with Crippen LogP contribution in [0.1, 0.15) is 58.3 Å². The number of hydrogen-bond acceptors (Lipinski definition) is 2. The van der Waals surface area contributed by atoms with Gasteiger partial charge >= 0.3 is 0 Å². The van der Waals surface area contributed by atoms with Gasteiger partial charge in [0, 0.05) is 12.6 Å². The monoisotopic (exact) mass is 253 g/mol. The first-order valence-corrected chi connectivity index (χ1v) is 7.49. The van der Waals surface area contributed by atoms with Crippen LogP contribution in [0.4, 0.5) is 0 Å². The number of ether oxygens (including phenoxy) is 1. The number of nitrogens with two attached hydrogens (primary N) is 1. The van der Waals surface area contributed by atoms with Crippen molar-refractivity contribution in [1.29, 1.82) is 0 Å². The largest absolute Gasteiger partial charge is 0.378 e. The lowest BCUT2D eigenvalue weighted by molar-refractivity contribution is -0.00568. The fourth-order valence-electron chi connectivity index (χ4n) is 2.89. The molecular formula is C14H27N3O. The van der Waals surface area contributed by atoms with Crippen molar-refractivity contribution in [3.63, 3.8) is 0 Å². The molecule has 0 aromatic carbocycles. The van der Waals surface area contributed by atoms with E-state index >= 15 is 0 Å². The van der Waals surface area contributed by atoms with Crippen molar-refractivity contribution in [2.75, 3.05) is 6.61 Å². The molecule has 104 valence electrons. The highest BCUT2D eigenvalue weighted by atomic mass is 16.5. The molecule has 4 nitrogen and oxygen atoms in total. The molecule has 4 heteroatoms. The first kappa shape index (κ1) is 13.7. The number of nitrogens with zero attached hydrogens (tertiary/aromatic N) is 1. The molecule has 2 aliphatic rings. The molecule has 0 bridgehead atoms. The SMILES string of the molecule is CCOC1CC(NC(N)=NC2CCCCCC2)C1. The van der Waals surface area contributed by atoms with Crippen LogP contribution >= 0.6 is 0 Å². The number of aliphatic imine (C=N–C) groups is 1. The van der Waals surface area contributed by atoms with E-state index in [4.69, 9.17) is 10.5 Å². The van der Waals surface area contributed by atoms with E-state index in [2.05, 4.69) is 10.3 Å². The van der Waals surface area contributed by atoms with E-state index < -0.39 is 0 Å². The number of guanidine groups is 1. The third kappa shape index (κ3) is 4.16. The van der Waals surface area contributed by atoms with Gasteiger partial charge < -0.3 is 15.8 Å². The quantitative estimate of drug-likeness (QED) is 0.458. The van der Waals surface area contributed by atoms with E-state index in [0.717, 1.165) is 19.4 Å². The molecule has 0 saturated heterocycles. The van der Waals surface area contributed by atoms with E-state index in [1.807, 2.05) is 6.92 Å². The molecule has 0 aliphatic heterocycles. The lowest BCUT2D eigenvalue weighted by Crippen LogP contribution is -2.50. The third-order valence-electron chi connectivity index (χ3n) is 4.00. The van der Waals surface area contributed by atoms with Crippen molar-refractivity contribution >= 4 is 5.96 Å². The van der Waals surface area contributed by atoms with Gasteiger partial charge in [-0.2, -0.15) is 0 Å². The van der Waals surface area contributed by atoms with Gasteiger partial charge in [0.15, 0.2) is 5.96 Å². The Hall–Kier alpha value is -0.770. The summed E-state index contributed by atoms with van der Waals surface area (Å²) in [5.74, 6) is 0.641. The van der Waals surface area contributed by atoms with Crippen molar-refractivity contribution in [2.45, 2.75) is 76.5 Å². The summed E-state index contributed by atoms with van der Waals surface area (Å²) in [5.41, 5.74) is 5.98. The summed E-state index contributed by atoms with van der Waals surface area (Å²) in [4.78, 5) is 4.63. The average Bonchev–Trinajstić information content (AvgIpc) is 2.55. The number of nitrogens with one attached hydrogen (secondary N) is 1. The Balaban J connectivity index is 1.69. The van der Waals surface area contributed by atoms with Gasteiger partial charge in [0.2, 0.25) is 0 Å². The van der Waals surface area contributed by atoms with Crippen LogP contribution in [0.2, 0.25) is 0 Å². The standard InChI is InChI=1S/C14H27N3O/c1-2-18-13-9-12(10-13)17-14(15)16-11-7-5-3-4-6-8-11/h11-13H,2-10H2,1H3,(H3,15,16,17). The molecule has 2 rings (SSSR count). The normalized spacial score (nSPS) is 30.6. The fraction of sp³-hybridized carbons (Fsp3) is 0.929. The smallest absolute Gasteiger partial charge is 0.189 e. The van der Waals surface area contributed by atoms with Gasteiger partial charge in [0.25, 0.3) is 0 Å². The Labute approximate surface area is 110 Å². The first-order valence-electron chi connectivity index (χ1n) is 7.49. The first-order chi connectivity index (χ1) is 8.78. The van der Waals surface area contributed by atoms with Gasteiger partial charge in [-0.25, -0.2) is 0 Å². The van der Waals surface area contributed by atoms with Crippen LogP contribution < -0.4 is 11.1 Å². The van der Waals surface area contributed by atoms with Crippen molar-refractivity contribution in [1.82, 2.24) is 5.32 Å². The molecular weight excluding hydrogens is 226 g/mol. The second kappa shape index (κ2) is 6.98. The Morgan fingerprint density at radius 2 is 1.89 bits per heavy atom. The molecule has 0 heterocycles. The highest BCUT2D eigenvalue weighted by Gasteiger charge is 2.29. The zero-order valence-corrected chi connectivity index (χ0v) is 11.5. The van der Waals surface area contributed by atoms with E-state index in [1.165, 1.54) is 38.5 Å². The molecule has 18 heavy (non-hydrogen) atoms. The Morgan fingerprint density at radius 1 is 1.22 bits per heavy atom. The Morgan fingerprint density at radius 3 is 2.50 bits per heavy atom. The van der Waals surface area contributed by atoms with Crippen LogP contribution in [0, 0.1) is 0 Å². The molecule has 0 radical (unpaired) electrons. The molecule has 0 unspecified atom stereocenters. The Kier molecular flexibility index (Phi) is 5.29. The predicted molar refractivity (Wildman–Crippen MR) is 74.7 cm³/mol. The molecule has 0 aromatic rings. The van der Waals surface area contributed by atoms with Gasteiger partial charge in [-0.3, -0.25) is 4.99 Å². The summed E-state index contributed by atoms with van der Waals surface area (Å²) in [6.07, 6.45) is 10.3. The topological polar surface area (TPSA) is 59.6 Å². The predicted octanol–water partition coefficient (Wildman–Crippen LogP) is 2.18. The van der Waals surface area contributed by atoms with Crippen molar-refractivity contribution in [3.05, 3.63) is 0 Å². The summed E-state index contributed by atoms with van der Waals surface area (Å²) in [6.45, 7) is 2.85. The molecule has 2 fully saturated rings. The van der Waals surface area contributed by atoms with Crippen molar-refractivity contribution in [2.24, 2.45) is 10.7 Å². The highest BCUT2D eigenvalue weighted by Crippen LogP contribution is 2.23. The fourth-order valence-corrected chi connectivity index (χ4v) is 2.89. The summed E-state index contributed by atoms with van der Waals surface area (Å²) < 4.78 is 5.54. The van der Waals surface area contributed by atoms with E-state index in [1.54, 1.807) is 0 Å². The van der Waals surface area contributed by atoms with Crippen molar-refractivity contribution in [3.8, 4) is 0 Å². The maximum Gasteiger partial charge on any atom is 0.189 e. The van der Waals surface area contributed by atoms with Gasteiger partial charge in [-0.05, 0) is 32.6 Å². The van der Waals surface area contributed by atoms with E-state index in [9.17, 15) is 0 Å². The molecule has 0 spiro atoms. The van der Waals surface area contributed by atoms with Gasteiger partial charge in [-0.15, -0.1) is 0 Å². The van der Waals surface area contributed by atoms with Crippen LogP contribution in [0.3, 0.4) is 0 Å². The summed E-state index contributed by atoms with van der Waals surface area (Å²) in [7, 11) is 0. The minimum Gasteiger partial charge on any atom is -0.378 e. The van der Waals surface area contributed by atoms with Crippen LogP contribution in [0.5, 0.6) is 0 Å². The van der Waals surface area contributed by atoms with E-state index in [-0.39, 0.29) is 0 Å². The van der Waals surface area contributed by atoms with Crippen LogP contribution in [-0.2, 0) is 4.74 Å². The van der Waals surface area contributed by atoms with Crippen LogP contribution in [0.25, 0.3) is 0 Å². The lowest BCUT2D eigenvalue weighted by atomic mass is 9.89. The summed E-state index contributed by atoms with van der Waals surface area (Å²) >= 11 is 0. The van der Waals surface area contributed by atoms with Gasteiger partial charge in [0.1, 0.15) is 0 Å². The molecule has 0 aromatic heterocycles. The summed E-state index contributed by atoms with van der Waals surface area (Å²) in [5, 5.41) is 3.32. The zero-order chi connectivity index (χ0) is 12.8. The highest BCUT2D eigenvalue weighted by molar-refractivity contribution is 5.78. The Bertz CT molecular complexity index is 266. The second-order valence-electron chi connectivity index (χ2n) is 5.55. The zero-order valence-electron chi connectivity index (χ0n) is 11.5. The maximum absolute atomic E-state index is 5.98. The van der Waals surface area contributed by atoms with Crippen LogP contribution in [-0.4, -0.2) is 30.8 Å². The number of rotatable bonds is 4. The molecule has 2 saturated carbocycles. The van der Waals surface area contributed by atoms with Gasteiger partial charge in [0.05, 0.1) is 12.1 Å². The second-order valence-corrected chi connectivity index (χ2v) is 5.55. The minimum absolute atomic E-state index is 0.429. The molecule has 2 aliphatic carbocycles. The third-order valence-corrected chi connectivity index (χ3v) is 4.00. The molecule has 0 amide bonds. The van der Waals surface area contributed by atoms with Crippen LogP contribution in [0.15, 0.2) is 4.99 Å². The average molecular weight is 253 g/mol. The maximum atomic E-state index is 5.98. The molecule has 3 N–H and O–H groups in total. The minimum atomic E-state index is 0.429. The van der Waals surface area contributed by atoms with Crippen molar-refractivity contribution < 1.29 is 4.74 Å². The van der Waals surface area contributed by atoms with E-state index in [0.29, 0.717) is 24.1 Å². The number of hydrogen-bond donors (Lipinski definition) is 2. The lowest BCUT2D eigenvalue weighted by Gasteiger charge is -2.35. The summed E-state index contributed by atoms with van der Waals surface area (Å²) in [6, 6.07) is 0.916.